The number of rotatable bonds is 5. The molecule has 1 amide bonds. The molecule has 2 rings (SSSR count). The Morgan fingerprint density at radius 1 is 1.32 bits per heavy atom. The molecule has 1 aliphatic heterocycles. The number of carbonyl (C=O) groups excluding carboxylic acids is 1. The number of benzene rings is 1. The standard InChI is InChI=1S/C15H19F3N2O2/c16-15(17,18)22-13-5-3-11(4-6-13)7-9-20-14(21)12-2-1-8-19-10-12/h3-6,12,19H,1-2,7-10H2,(H,20,21). The van der Waals surface area contributed by atoms with Gasteiger partial charge in [-0.15, -0.1) is 13.2 Å². The van der Waals surface area contributed by atoms with Crippen LogP contribution in [-0.4, -0.2) is 31.9 Å². The molecule has 1 saturated heterocycles. The Balaban J connectivity index is 1.73. The zero-order valence-electron chi connectivity index (χ0n) is 12.1. The second-order valence-corrected chi connectivity index (χ2v) is 5.28. The third-order valence-corrected chi connectivity index (χ3v) is 3.54. The molecular formula is C15H19F3N2O2. The smallest absolute Gasteiger partial charge is 0.406 e. The molecule has 1 aromatic carbocycles. The average Bonchev–Trinajstić information content (AvgIpc) is 2.48. The van der Waals surface area contributed by atoms with E-state index in [-0.39, 0.29) is 17.6 Å². The summed E-state index contributed by atoms with van der Waals surface area (Å²) in [6.07, 6.45) is -2.22. The van der Waals surface area contributed by atoms with Crippen molar-refractivity contribution < 1.29 is 22.7 Å². The monoisotopic (exact) mass is 316 g/mol. The molecule has 1 unspecified atom stereocenters. The summed E-state index contributed by atoms with van der Waals surface area (Å²) in [5.74, 6) is -0.200. The van der Waals surface area contributed by atoms with Crippen molar-refractivity contribution in [1.29, 1.82) is 0 Å². The summed E-state index contributed by atoms with van der Waals surface area (Å²) in [6.45, 7) is 2.13. The van der Waals surface area contributed by atoms with E-state index in [1.807, 2.05) is 0 Å². The molecule has 1 atom stereocenters. The van der Waals surface area contributed by atoms with Gasteiger partial charge in [0, 0.05) is 13.1 Å². The lowest BCUT2D eigenvalue weighted by atomic mass is 9.99. The molecule has 1 fully saturated rings. The highest BCUT2D eigenvalue weighted by Crippen LogP contribution is 2.22. The fourth-order valence-corrected chi connectivity index (χ4v) is 2.41. The second-order valence-electron chi connectivity index (χ2n) is 5.28. The van der Waals surface area contributed by atoms with Gasteiger partial charge in [-0.1, -0.05) is 12.1 Å². The van der Waals surface area contributed by atoms with Crippen molar-refractivity contribution in [2.24, 2.45) is 5.92 Å². The van der Waals surface area contributed by atoms with Crippen LogP contribution in [0.5, 0.6) is 5.75 Å². The van der Waals surface area contributed by atoms with E-state index in [9.17, 15) is 18.0 Å². The third kappa shape index (κ3) is 5.55. The first-order valence-corrected chi connectivity index (χ1v) is 7.27. The van der Waals surface area contributed by atoms with E-state index in [1.54, 1.807) is 12.1 Å². The van der Waals surface area contributed by atoms with E-state index in [2.05, 4.69) is 15.4 Å². The molecule has 0 bridgehead atoms. The molecule has 0 saturated carbocycles. The van der Waals surface area contributed by atoms with Crippen molar-refractivity contribution in [2.45, 2.75) is 25.6 Å². The highest BCUT2D eigenvalue weighted by Gasteiger charge is 2.30. The number of amides is 1. The van der Waals surface area contributed by atoms with Crippen LogP contribution < -0.4 is 15.4 Å². The number of hydrogen-bond acceptors (Lipinski definition) is 3. The highest BCUT2D eigenvalue weighted by atomic mass is 19.4. The van der Waals surface area contributed by atoms with Crippen LogP contribution in [0.3, 0.4) is 0 Å². The maximum absolute atomic E-state index is 12.0. The molecule has 7 heteroatoms. The normalized spacial score (nSPS) is 18.8. The molecule has 22 heavy (non-hydrogen) atoms. The van der Waals surface area contributed by atoms with Gasteiger partial charge >= 0.3 is 6.36 Å². The van der Waals surface area contributed by atoms with Crippen molar-refractivity contribution in [3.05, 3.63) is 29.8 Å². The molecule has 2 N–H and O–H groups in total. The summed E-state index contributed by atoms with van der Waals surface area (Å²) in [7, 11) is 0. The van der Waals surface area contributed by atoms with Gasteiger partial charge in [0.15, 0.2) is 0 Å². The molecule has 1 heterocycles. The Morgan fingerprint density at radius 2 is 2.05 bits per heavy atom. The number of alkyl halides is 3. The Kier molecular flexibility index (Phi) is 5.65. The first kappa shape index (κ1) is 16.6. The van der Waals surface area contributed by atoms with E-state index < -0.39 is 6.36 Å². The Hall–Kier alpha value is -1.76. The van der Waals surface area contributed by atoms with Crippen molar-refractivity contribution >= 4 is 5.91 Å². The van der Waals surface area contributed by atoms with E-state index in [0.717, 1.165) is 24.9 Å². The van der Waals surface area contributed by atoms with Crippen molar-refractivity contribution in [3.8, 4) is 5.75 Å². The van der Waals surface area contributed by atoms with Gasteiger partial charge in [-0.25, -0.2) is 0 Å². The van der Waals surface area contributed by atoms with Crippen LogP contribution in [0, 0.1) is 5.92 Å². The quantitative estimate of drug-likeness (QED) is 0.876. The number of piperidine rings is 1. The van der Waals surface area contributed by atoms with Crippen LogP contribution in [0.15, 0.2) is 24.3 Å². The Morgan fingerprint density at radius 3 is 2.64 bits per heavy atom. The largest absolute Gasteiger partial charge is 0.573 e. The van der Waals surface area contributed by atoms with Crippen LogP contribution in [0.2, 0.25) is 0 Å². The summed E-state index contributed by atoms with van der Waals surface area (Å²) in [4.78, 5) is 11.9. The lowest BCUT2D eigenvalue weighted by Crippen LogP contribution is -2.41. The number of nitrogens with one attached hydrogen (secondary N) is 2. The van der Waals surface area contributed by atoms with E-state index in [1.165, 1.54) is 12.1 Å². The molecular weight excluding hydrogens is 297 g/mol. The number of carbonyl (C=O) groups is 1. The van der Waals surface area contributed by atoms with E-state index >= 15 is 0 Å². The minimum Gasteiger partial charge on any atom is -0.406 e. The first-order chi connectivity index (χ1) is 10.4. The van der Waals surface area contributed by atoms with Crippen LogP contribution in [0.25, 0.3) is 0 Å². The minimum absolute atomic E-state index is 0.0105. The molecule has 1 aromatic rings. The summed E-state index contributed by atoms with van der Waals surface area (Å²) >= 11 is 0. The van der Waals surface area contributed by atoms with Crippen molar-refractivity contribution in [2.75, 3.05) is 19.6 Å². The predicted molar refractivity (Wildman–Crippen MR) is 75.4 cm³/mol. The molecule has 0 aromatic heterocycles. The van der Waals surface area contributed by atoms with Gasteiger partial charge in [0.1, 0.15) is 5.75 Å². The molecule has 0 aliphatic carbocycles. The molecule has 0 radical (unpaired) electrons. The summed E-state index contributed by atoms with van der Waals surface area (Å²) in [6, 6.07) is 5.68. The molecule has 122 valence electrons. The van der Waals surface area contributed by atoms with Gasteiger partial charge in [0.25, 0.3) is 0 Å². The van der Waals surface area contributed by atoms with Gasteiger partial charge in [0.2, 0.25) is 5.91 Å². The lowest BCUT2D eigenvalue weighted by Gasteiger charge is -2.21. The maximum atomic E-state index is 12.0. The van der Waals surface area contributed by atoms with Gasteiger partial charge in [-0.2, -0.15) is 0 Å². The number of ether oxygens (including phenoxy) is 1. The summed E-state index contributed by atoms with van der Waals surface area (Å²) in [5, 5.41) is 6.05. The molecule has 1 aliphatic rings. The zero-order valence-corrected chi connectivity index (χ0v) is 12.1. The SMILES string of the molecule is O=C(NCCc1ccc(OC(F)(F)F)cc1)C1CCCNC1. The van der Waals surface area contributed by atoms with Gasteiger partial charge in [-0.05, 0) is 43.5 Å². The number of hydrogen-bond donors (Lipinski definition) is 2. The molecule has 0 spiro atoms. The number of halogens is 3. The minimum atomic E-state index is -4.68. The zero-order chi connectivity index (χ0) is 16.0. The van der Waals surface area contributed by atoms with Crippen LogP contribution >= 0.6 is 0 Å². The summed E-state index contributed by atoms with van der Waals surface area (Å²) in [5.41, 5.74) is 0.844. The molecule has 4 nitrogen and oxygen atoms in total. The topological polar surface area (TPSA) is 50.4 Å². The second kappa shape index (κ2) is 7.49. The van der Waals surface area contributed by atoms with E-state index in [0.29, 0.717) is 19.5 Å². The summed E-state index contributed by atoms with van der Waals surface area (Å²) < 4.78 is 39.9. The Bertz CT molecular complexity index is 483. The maximum Gasteiger partial charge on any atom is 0.573 e. The van der Waals surface area contributed by atoms with Gasteiger partial charge in [-0.3, -0.25) is 4.79 Å². The highest BCUT2D eigenvalue weighted by molar-refractivity contribution is 5.78. The predicted octanol–water partition coefficient (Wildman–Crippen LogP) is 2.24. The van der Waals surface area contributed by atoms with Gasteiger partial charge in [0.05, 0.1) is 5.92 Å². The third-order valence-electron chi connectivity index (χ3n) is 3.54. The lowest BCUT2D eigenvalue weighted by molar-refractivity contribution is -0.274. The Labute approximate surface area is 127 Å². The van der Waals surface area contributed by atoms with Gasteiger partial charge < -0.3 is 15.4 Å². The van der Waals surface area contributed by atoms with Crippen molar-refractivity contribution in [3.63, 3.8) is 0 Å². The fraction of sp³-hybridized carbons (Fsp3) is 0.533. The van der Waals surface area contributed by atoms with E-state index in [4.69, 9.17) is 0 Å². The first-order valence-electron chi connectivity index (χ1n) is 7.27. The average molecular weight is 316 g/mol. The van der Waals surface area contributed by atoms with Crippen LogP contribution in [-0.2, 0) is 11.2 Å². The van der Waals surface area contributed by atoms with Crippen LogP contribution in [0.1, 0.15) is 18.4 Å². The van der Waals surface area contributed by atoms with Crippen LogP contribution in [0.4, 0.5) is 13.2 Å². The fourth-order valence-electron chi connectivity index (χ4n) is 2.41. The van der Waals surface area contributed by atoms with Crippen molar-refractivity contribution in [1.82, 2.24) is 10.6 Å².